The summed E-state index contributed by atoms with van der Waals surface area (Å²) in [4.78, 5) is 12.2. The number of amidine groups is 1. The van der Waals surface area contributed by atoms with Gasteiger partial charge in [-0.2, -0.15) is 0 Å². The van der Waals surface area contributed by atoms with Crippen LogP contribution in [0.15, 0.2) is 29.4 Å². The SMILES string of the molecule is CC1(NC(=O)Cc2ccc(C(N)=NO)cc2)CCCCC1. The zero-order chi connectivity index (χ0) is 15.3. The molecule has 4 N–H and O–H groups in total. The highest BCUT2D eigenvalue weighted by molar-refractivity contribution is 5.97. The van der Waals surface area contributed by atoms with Crippen LogP contribution in [0.3, 0.4) is 0 Å². The molecule has 1 aliphatic carbocycles. The lowest BCUT2D eigenvalue weighted by Gasteiger charge is -2.34. The first kappa shape index (κ1) is 15.4. The summed E-state index contributed by atoms with van der Waals surface area (Å²) < 4.78 is 0. The molecule has 21 heavy (non-hydrogen) atoms. The topological polar surface area (TPSA) is 87.7 Å². The summed E-state index contributed by atoms with van der Waals surface area (Å²) in [6.45, 7) is 2.13. The van der Waals surface area contributed by atoms with E-state index in [0.717, 1.165) is 18.4 Å². The van der Waals surface area contributed by atoms with Crippen LogP contribution in [0.5, 0.6) is 0 Å². The Morgan fingerprint density at radius 2 is 1.90 bits per heavy atom. The van der Waals surface area contributed by atoms with Crippen LogP contribution in [0.4, 0.5) is 0 Å². The lowest BCUT2D eigenvalue weighted by atomic mass is 9.83. The second-order valence-corrected chi connectivity index (χ2v) is 6.03. The quantitative estimate of drug-likeness (QED) is 0.343. The Kier molecular flexibility index (Phi) is 4.83. The summed E-state index contributed by atoms with van der Waals surface area (Å²) >= 11 is 0. The zero-order valence-corrected chi connectivity index (χ0v) is 12.4. The first-order valence-electron chi connectivity index (χ1n) is 7.40. The van der Waals surface area contributed by atoms with Gasteiger partial charge in [0.2, 0.25) is 5.91 Å². The third-order valence-corrected chi connectivity index (χ3v) is 4.12. The predicted octanol–water partition coefficient (Wildman–Crippen LogP) is 2.16. The Bertz CT molecular complexity index is 517. The molecule has 5 heteroatoms. The Balaban J connectivity index is 1.93. The number of benzene rings is 1. The molecule has 1 amide bonds. The molecule has 5 nitrogen and oxygen atoms in total. The highest BCUT2D eigenvalue weighted by Crippen LogP contribution is 2.27. The molecule has 1 aliphatic rings. The van der Waals surface area contributed by atoms with E-state index in [1.165, 1.54) is 19.3 Å². The maximum atomic E-state index is 12.2. The van der Waals surface area contributed by atoms with Crippen molar-refractivity contribution < 1.29 is 10.0 Å². The van der Waals surface area contributed by atoms with Crippen molar-refractivity contribution in [2.75, 3.05) is 0 Å². The number of nitrogens with two attached hydrogens (primary N) is 1. The van der Waals surface area contributed by atoms with Crippen LogP contribution in [0.1, 0.15) is 50.2 Å². The molecule has 1 aromatic rings. The fraction of sp³-hybridized carbons (Fsp3) is 0.500. The number of oxime groups is 1. The Morgan fingerprint density at radius 3 is 2.48 bits per heavy atom. The zero-order valence-electron chi connectivity index (χ0n) is 12.4. The van der Waals surface area contributed by atoms with Gasteiger partial charge in [-0.15, -0.1) is 0 Å². The number of rotatable bonds is 4. The van der Waals surface area contributed by atoms with Crippen LogP contribution in [-0.2, 0) is 11.2 Å². The van der Waals surface area contributed by atoms with E-state index in [1.807, 2.05) is 12.1 Å². The van der Waals surface area contributed by atoms with Crippen molar-refractivity contribution in [2.45, 2.75) is 51.0 Å². The second-order valence-electron chi connectivity index (χ2n) is 6.03. The molecule has 0 saturated heterocycles. The minimum Gasteiger partial charge on any atom is -0.409 e. The average molecular weight is 289 g/mol. The third-order valence-electron chi connectivity index (χ3n) is 4.12. The van der Waals surface area contributed by atoms with Gasteiger partial charge in [-0.25, -0.2) is 0 Å². The summed E-state index contributed by atoms with van der Waals surface area (Å²) in [7, 11) is 0. The molecule has 1 saturated carbocycles. The number of nitrogens with one attached hydrogen (secondary N) is 1. The summed E-state index contributed by atoms with van der Waals surface area (Å²) in [6.07, 6.45) is 6.10. The van der Waals surface area contributed by atoms with Crippen molar-refractivity contribution >= 4 is 11.7 Å². The Hall–Kier alpha value is -2.04. The molecule has 1 aromatic carbocycles. The summed E-state index contributed by atoms with van der Waals surface area (Å²) in [5, 5.41) is 14.7. The second kappa shape index (κ2) is 6.61. The number of carbonyl (C=O) groups excluding carboxylic acids is 1. The predicted molar refractivity (Wildman–Crippen MR) is 82.3 cm³/mol. The minimum absolute atomic E-state index is 0.0518. The number of carbonyl (C=O) groups is 1. The smallest absolute Gasteiger partial charge is 0.224 e. The van der Waals surface area contributed by atoms with Gasteiger partial charge >= 0.3 is 0 Å². The van der Waals surface area contributed by atoms with Crippen molar-refractivity contribution in [3.8, 4) is 0 Å². The van der Waals surface area contributed by atoms with Gasteiger partial charge in [-0.1, -0.05) is 48.7 Å². The first-order chi connectivity index (χ1) is 10.0. The molecule has 0 unspecified atom stereocenters. The lowest BCUT2D eigenvalue weighted by molar-refractivity contribution is -0.122. The van der Waals surface area contributed by atoms with Crippen LogP contribution in [0.2, 0.25) is 0 Å². The minimum atomic E-state index is -0.0523. The van der Waals surface area contributed by atoms with Gasteiger partial charge in [-0.05, 0) is 25.3 Å². The molecule has 1 fully saturated rings. The van der Waals surface area contributed by atoms with Gasteiger partial charge in [0, 0.05) is 11.1 Å². The number of nitrogens with zero attached hydrogens (tertiary/aromatic N) is 1. The third kappa shape index (κ3) is 4.21. The van der Waals surface area contributed by atoms with Crippen molar-refractivity contribution in [3.05, 3.63) is 35.4 Å². The standard InChI is InChI=1S/C16H23N3O2/c1-16(9-3-2-4-10-16)18-14(20)11-12-5-7-13(8-6-12)15(17)19-21/h5-8,21H,2-4,9-11H2,1H3,(H2,17,19)(H,18,20). The Labute approximate surface area is 125 Å². The van der Waals surface area contributed by atoms with E-state index >= 15 is 0 Å². The molecule has 0 spiro atoms. The van der Waals surface area contributed by atoms with E-state index in [4.69, 9.17) is 10.9 Å². The number of amides is 1. The van der Waals surface area contributed by atoms with Gasteiger partial charge in [0.25, 0.3) is 0 Å². The molecule has 0 bridgehead atoms. The molecular weight excluding hydrogens is 266 g/mol. The van der Waals surface area contributed by atoms with E-state index in [2.05, 4.69) is 17.4 Å². The van der Waals surface area contributed by atoms with Gasteiger partial charge in [-0.3, -0.25) is 4.79 Å². The van der Waals surface area contributed by atoms with Crippen LogP contribution >= 0.6 is 0 Å². The van der Waals surface area contributed by atoms with Crippen molar-refractivity contribution in [3.63, 3.8) is 0 Å². The maximum Gasteiger partial charge on any atom is 0.224 e. The van der Waals surface area contributed by atoms with E-state index in [-0.39, 0.29) is 17.3 Å². The van der Waals surface area contributed by atoms with Crippen molar-refractivity contribution in [1.82, 2.24) is 5.32 Å². The first-order valence-corrected chi connectivity index (χ1v) is 7.40. The molecule has 114 valence electrons. The van der Waals surface area contributed by atoms with Gasteiger partial charge in [0.1, 0.15) is 0 Å². The summed E-state index contributed by atoms with van der Waals surface area (Å²) in [5.41, 5.74) is 7.01. The van der Waals surface area contributed by atoms with Crippen LogP contribution in [-0.4, -0.2) is 22.5 Å². The van der Waals surface area contributed by atoms with Gasteiger partial charge < -0.3 is 16.3 Å². The van der Waals surface area contributed by atoms with Crippen molar-refractivity contribution in [2.24, 2.45) is 10.9 Å². The molecule has 0 atom stereocenters. The average Bonchev–Trinajstić information content (AvgIpc) is 2.47. The normalized spacial score (nSPS) is 18.2. The summed E-state index contributed by atoms with van der Waals surface area (Å²) in [5.74, 6) is 0.122. The maximum absolute atomic E-state index is 12.2. The Morgan fingerprint density at radius 1 is 1.29 bits per heavy atom. The van der Waals surface area contributed by atoms with E-state index in [1.54, 1.807) is 12.1 Å². The summed E-state index contributed by atoms with van der Waals surface area (Å²) in [6, 6.07) is 7.16. The largest absolute Gasteiger partial charge is 0.409 e. The molecular formula is C16H23N3O2. The van der Waals surface area contributed by atoms with Crippen molar-refractivity contribution in [1.29, 1.82) is 0 Å². The van der Waals surface area contributed by atoms with E-state index in [9.17, 15) is 4.79 Å². The van der Waals surface area contributed by atoms with Crippen LogP contribution < -0.4 is 11.1 Å². The fourth-order valence-corrected chi connectivity index (χ4v) is 2.87. The van der Waals surface area contributed by atoms with E-state index < -0.39 is 0 Å². The molecule has 0 heterocycles. The lowest BCUT2D eigenvalue weighted by Crippen LogP contribution is -2.47. The van der Waals surface area contributed by atoms with Gasteiger partial charge in [0.15, 0.2) is 5.84 Å². The van der Waals surface area contributed by atoms with Crippen LogP contribution in [0, 0.1) is 0 Å². The highest BCUT2D eigenvalue weighted by Gasteiger charge is 2.28. The monoisotopic (exact) mass is 289 g/mol. The van der Waals surface area contributed by atoms with Crippen LogP contribution in [0.25, 0.3) is 0 Å². The molecule has 0 aromatic heterocycles. The van der Waals surface area contributed by atoms with Gasteiger partial charge in [0.05, 0.1) is 6.42 Å². The molecule has 0 aliphatic heterocycles. The number of hydrogen-bond donors (Lipinski definition) is 3. The fourth-order valence-electron chi connectivity index (χ4n) is 2.87. The highest BCUT2D eigenvalue weighted by atomic mass is 16.4. The number of hydrogen-bond acceptors (Lipinski definition) is 3. The van der Waals surface area contributed by atoms with E-state index in [0.29, 0.717) is 12.0 Å². The molecule has 2 rings (SSSR count). The molecule has 0 radical (unpaired) electrons.